The maximum atomic E-state index is 6.16. The Morgan fingerprint density at radius 2 is 1.97 bits per heavy atom. The van der Waals surface area contributed by atoms with Gasteiger partial charge in [0.1, 0.15) is 17.1 Å². The molecule has 0 aliphatic carbocycles. The summed E-state index contributed by atoms with van der Waals surface area (Å²) in [4.78, 5) is 11.5. The molecule has 32 heavy (non-hydrogen) atoms. The van der Waals surface area contributed by atoms with Crippen LogP contribution >= 0.6 is 0 Å². The summed E-state index contributed by atoms with van der Waals surface area (Å²) < 4.78 is 11.9. The molecule has 3 heterocycles. The van der Waals surface area contributed by atoms with Gasteiger partial charge in [0.15, 0.2) is 5.96 Å². The van der Waals surface area contributed by atoms with Crippen LogP contribution in [0.4, 0.5) is 0 Å². The maximum absolute atomic E-state index is 6.16. The van der Waals surface area contributed by atoms with E-state index in [4.69, 9.17) is 9.15 Å². The van der Waals surface area contributed by atoms with E-state index < -0.39 is 0 Å². The highest BCUT2D eigenvalue weighted by atomic mass is 16.5. The fraction of sp³-hybridized carbons (Fsp3) is 0.600. The van der Waals surface area contributed by atoms with Crippen LogP contribution in [0.25, 0.3) is 0 Å². The van der Waals surface area contributed by atoms with Crippen LogP contribution < -0.4 is 15.4 Å². The largest absolute Gasteiger partial charge is 0.487 e. The van der Waals surface area contributed by atoms with Crippen LogP contribution in [0, 0.1) is 19.8 Å². The van der Waals surface area contributed by atoms with E-state index in [1.165, 1.54) is 5.56 Å². The maximum Gasteiger partial charge on any atom is 0.208 e. The second kappa shape index (κ2) is 9.53. The van der Waals surface area contributed by atoms with Crippen LogP contribution in [0.3, 0.4) is 0 Å². The van der Waals surface area contributed by atoms with Gasteiger partial charge in [-0.25, -0.2) is 4.98 Å². The smallest absolute Gasteiger partial charge is 0.208 e. The first-order chi connectivity index (χ1) is 15.3. The van der Waals surface area contributed by atoms with Crippen molar-refractivity contribution in [2.24, 2.45) is 10.9 Å². The summed E-state index contributed by atoms with van der Waals surface area (Å²) in [6, 6.07) is 8.47. The Labute approximate surface area is 191 Å². The van der Waals surface area contributed by atoms with E-state index in [-0.39, 0.29) is 11.6 Å². The van der Waals surface area contributed by atoms with E-state index in [0.29, 0.717) is 5.92 Å². The first-order valence-corrected chi connectivity index (χ1v) is 11.7. The lowest BCUT2D eigenvalue weighted by Crippen LogP contribution is -2.47. The minimum Gasteiger partial charge on any atom is -0.487 e. The Kier molecular flexibility index (Phi) is 6.74. The molecule has 0 saturated carbocycles. The third-order valence-corrected chi connectivity index (χ3v) is 6.61. The molecule has 2 aromatic rings. The third kappa shape index (κ3) is 5.44. The van der Waals surface area contributed by atoms with Crippen molar-refractivity contribution in [2.75, 3.05) is 26.7 Å². The number of para-hydroxylation sites is 1. The minimum atomic E-state index is -0.211. The number of aliphatic imine (C=N–C) groups is 1. The van der Waals surface area contributed by atoms with Gasteiger partial charge in [-0.1, -0.05) is 18.2 Å². The molecule has 0 spiro atoms. The van der Waals surface area contributed by atoms with E-state index >= 15 is 0 Å². The van der Waals surface area contributed by atoms with Crippen LogP contribution in [0.2, 0.25) is 0 Å². The lowest BCUT2D eigenvalue weighted by molar-refractivity contribution is 0.0693. The molecule has 0 bridgehead atoms. The normalized spacial score (nSPS) is 21.7. The minimum absolute atomic E-state index is 0.177. The van der Waals surface area contributed by atoms with Crippen molar-refractivity contribution >= 4 is 5.96 Å². The van der Waals surface area contributed by atoms with E-state index in [0.717, 1.165) is 74.5 Å². The molecule has 174 valence electrons. The Morgan fingerprint density at radius 3 is 2.66 bits per heavy atom. The SMILES string of the molecule is CN=C(NCC1CCN(Cc2nc(C)c(C)o2)CC1)NC1CC(C)(C)Oc2ccccc21. The Bertz CT molecular complexity index is 924. The molecule has 0 radical (unpaired) electrons. The summed E-state index contributed by atoms with van der Waals surface area (Å²) in [6.45, 7) is 12.1. The average molecular weight is 440 g/mol. The molecule has 1 fully saturated rings. The van der Waals surface area contributed by atoms with Crippen molar-refractivity contribution in [3.8, 4) is 5.75 Å². The summed E-state index contributed by atoms with van der Waals surface area (Å²) >= 11 is 0. The number of piperidine rings is 1. The Hall–Kier alpha value is -2.54. The molecule has 1 aromatic heterocycles. The molecule has 4 rings (SSSR count). The topological polar surface area (TPSA) is 74.9 Å². The monoisotopic (exact) mass is 439 g/mol. The summed E-state index contributed by atoms with van der Waals surface area (Å²) in [6.07, 6.45) is 3.22. The number of benzene rings is 1. The van der Waals surface area contributed by atoms with Crippen LogP contribution in [0.15, 0.2) is 33.7 Å². The number of nitrogens with one attached hydrogen (secondary N) is 2. The fourth-order valence-electron chi connectivity index (χ4n) is 4.68. The van der Waals surface area contributed by atoms with Gasteiger partial charge in [-0.2, -0.15) is 0 Å². The molecule has 7 heteroatoms. The summed E-state index contributed by atoms with van der Waals surface area (Å²) in [5, 5.41) is 7.20. The number of hydrogen-bond donors (Lipinski definition) is 2. The van der Waals surface area contributed by atoms with Gasteiger partial charge in [0.25, 0.3) is 0 Å². The van der Waals surface area contributed by atoms with Crippen molar-refractivity contribution in [2.45, 2.75) is 65.1 Å². The molecular weight excluding hydrogens is 402 g/mol. The van der Waals surface area contributed by atoms with Crippen molar-refractivity contribution in [1.29, 1.82) is 0 Å². The van der Waals surface area contributed by atoms with Crippen molar-refractivity contribution in [3.05, 3.63) is 47.2 Å². The second-order valence-corrected chi connectivity index (χ2v) is 9.72. The van der Waals surface area contributed by atoms with Crippen LogP contribution in [-0.4, -0.2) is 48.1 Å². The van der Waals surface area contributed by atoms with E-state index in [1.54, 1.807) is 0 Å². The molecule has 7 nitrogen and oxygen atoms in total. The Balaban J connectivity index is 1.27. The molecule has 2 aliphatic heterocycles. The standard InChI is InChI=1S/C25H37N5O2/c1-17-18(2)31-23(28-17)16-30-12-10-19(11-13-30)15-27-24(26-5)29-21-14-25(3,4)32-22-9-7-6-8-20(21)22/h6-9,19,21H,10-16H2,1-5H3,(H2,26,27,29). The number of hydrogen-bond acceptors (Lipinski definition) is 5. The lowest BCUT2D eigenvalue weighted by atomic mass is 9.90. The van der Waals surface area contributed by atoms with Gasteiger partial charge in [0.05, 0.1) is 18.3 Å². The molecule has 1 unspecified atom stereocenters. The number of aromatic nitrogens is 1. The molecule has 2 N–H and O–H groups in total. The van der Waals surface area contributed by atoms with Gasteiger partial charge < -0.3 is 19.8 Å². The van der Waals surface area contributed by atoms with Crippen molar-refractivity contribution in [1.82, 2.24) is 20.5 Å². The number of aryl methyl sites for hydroxylation is 2. The quantitative estimate of drug-likeness (QED) is 0.542. The zero-order valence-corrected chi connectivity index (χ0v) is 20.1. The third-order valence-electron chi connectivity index (χ3n) is 6.61. The van der Waals surface area contributed by atoms with E-state index in [2.05, 4.69) is 57.6 Å². The molecular formula is C25H37N5O2. The van der Waals surface area contributed by atoms with E-state index in [1.807, 2.05) is 27.0 Å². The Morgan fingerprint density at radius 1 is 1.22 bits per heavy atom. The predicted molar refractivity (Wildman–Crippen MR) is 127 cm³/mol. The van der Waals surface area contributed by atoms with Crippen LogP contribution in [0.5, 0.6) is 5.75 Å². The van der Waals surface area contributed by atoms with Gasteiger partial charge in [-0.3, -0.25) is 9.89 Å². The lowest BCUT2D eigenvalue weighted by Gasteiger charge is -2.38. The molecule has 1 atom stereocenters. The predicted octanol–water partition coefficient (Wildman–Crippen LogP) is 3.97. The zero-order valence-electron chi connectivity index (χ0n) is 20.1. The van der Waals surface area contributed by atoms with Gasteiger partial charge in [-0.05, 0) is 65.6 Å². The highest BCUT2D eigenvalue weighted by Gasteiger charge is 2.34. The first-order valence-electron chi connectivity index (χ1n) is 11.7. The molecule has 1 aromatic carbocycles. The summed E-state index contributed by atoms with van der Waals surface area (Å²) in [7, 11) is 1.84. The number of oxazole rings is 1. The van der Waals surface area contributed by atoms with E-state index in [9.17, 15) is 0 Å². The van der Waals surface area contributed by atoms with Crippen LogP contribution in [-0.2, 0) is 6.54 Å². The number of rotatable bonds is 5. The molecule has 2 aliphatic rings. The summed E-state index contributed by atoms with van der Waals surface area (Å²) in [5.74, 6) is 4.21. The first kappa shape index (κ1) is 22.6. The highest BCUT2D eigenvalue weighted by molar-refractivity contribution is 5.80. The fourth-order valence-corrected chi connectivity index (χ4v) is 4.68. The average Bonchev–Trinajstić information content (AvgIpc) is 3.08. The number of likely N-dealkylation sites (tertiary alicyclic amines) is 1. The number of nitrogens with zero attached hydrogens (tertiary/aromatic N) is 3. The van der Waals surface area contributed by atoms with Gasteiger partial charge in [-0.15, -0.1) is 0 Å². The second-order valence-electron chi connectivity index (χ2n) is 9.72. The zero-order chi connectivity index (χ0) is 22.7. The highest BCUT2D eigenvalue weighted by Crippen LogP contribution is 2.39. The van der Waals surface area contributed by atoms with Gasteiger partial charge in [0, 0.05) is 25.6 Å². The molecule has 1 saturated heterocycles. The number of fused-ring (bicyclic) bond motifs is 1. The van der Waals surface area contributed by atoms with Crippen molar-refractivity contribution in [3.63, 3.8) is 0 Å². The van der Waals surface area contributed by atoms with Crippen molar-refractivity contribution < 1.29 is 9.15 Å². The summed E-state index contributed by atoms with van der Waals surface area (Å²) in [5.41, 5.74) is 1.98. The van der Waals surface area contributed by atoms with Crippen LogP contribution in [0.1, 0.15) is 62.1 Å². The van der Waals surface area contributed by atoms with Gasteiger partial charge >= 0.3 is 0 Å². The number of ether oxygens (including phenoxy) is 1. The number of guanidine groups is 1. The molecule has 0 amide bonds. The van der Waals surface area contributed by atoms with Gasteiger partial charge in [0.2, 0.25) is 5.89 Å².